The maximum Gasteiger partial charge on any atom is 0.505 e. The van der Waals surface area contributed by atoms with E-state index in [9.17, 15) is 4.79 Å². The third kappa shape index (κ3) is 9.08. The zero-order valence-corrected chi connectivity index (χ0v) is 14.5. The van der Waals surface area contributed by atoms with E-state index in [1.54, 1.807) is 0 Å². The molecule has 0 aromatic carbocycles. The number of carbonyl (C=O) groups is 1. The van der Waals surface area contributed by atoms with Crippen LogP contribution in [0.4, 0.5) is 4.79 Å². The Bertz CT molecular complexity index is 219. The first-order valence-corrected chi connectivity index (χ1v) is 10.1. The van der Waals surface area contributed by atoms with Crippen LogP contribution in [0.3, 0.4) is 0 Å². The summed E-state index contributed by atoms with van der Waals surface area (Å²) in [4.78, 5) is 10.1. The van der Waals surface area contributed by atoms with Gasteiger partial charge < -0.3 is 9.84 Å². The lowest BCUT2D eigenvalue weighted by molar-refractivity contribution is 0.0899. The molecular formula is C15H32O3Si. The van der Waals surface area contributed by atoms with E-state index in [2.05, 4.69) is 25.1 Å². The molecule has 0 saturated carbocycles. The van der Waals surface area contributed by atoms with Crippen LogP contribution in [0.25, 0.3) is 0 Å². The van der Waals surface area contributed by atoms with Crippen LogP contribution in [0.2, 0.25) is 11.6 Å². The van der Waals surface area contributed by atoms with E-state index in [1.807, 2.05) is 0 Å². The average molecular weight is 289 g/mol. The van der Waals surface area contributed by atoms with Crippen LogP contribution in [0.5, 0.6) is 0 Å². The fraction of sp³-hybridized carbons (Fsp3) is 0.933. The van der Waals surface area contributed by atoms with Gasteiger partial charge in [-0.2, -0.15) is 0 Å². The van der Waals surface area contributed by atoms with Crippen molar-refractivity contribution < 1.29 is 14.6 Å². The largest absolute Gasteiger partial charge is 0.505 e. The Balaban J connectivity index is 3.42. The van der Waals surface area contributed by atoms with E-state index in [1.165, 1.54) is 44.9 Å². The molecule has 0 heterocycles. The van der Waals surface area contributed by atoms with Crippen LogP contribution in [-0.4, -0.2) is 27.4 Å². The molecule has 0 rings (SSSR count). The van der Waals surface area contributed by atoms with Gasteiger partial charge >= 0.3 is 6.16 Å². The minimum atomic E-state index is -1.15. The fourth-order valence-electron chi connectivity index (χ4n) is 2.75. The monoisotopic (exact) mass is 288 g/mol. The minimum Gasteiger partial charge on any atom is -0.450 e. The Labute approximate surface area is 120 Å². The molecule has 0 aliphatic carbocycles. The molecule has 19 heavy (non-hydrogen) atoms. The minimum absolute atomic E-state index is 0.0903. The van der Waals surface area contributed by atoms with E-state index in [-0.39, 0.29) is 9.52 Å². The molecule has 0 aromatic rings. The zero-order valence-electron chi connectivity index (χ0n) is 13.0. The smallest absolute Gasteiger partial charge is 0.450 e. The highest BCUT2D eigenvalue weighted by Crippen LogP contribution is 2.39. The van der Waals surface area contributed by atoms with Gasteiger partial charge in [0, 0.05) is 9.52 Å². The second kappa shape index (κ2) is 11.3. The first-order valence-electron chi connectivity index (χ1n) is 7.96. The molecule has 0 fully saturated rings. The molecule has 1 N–H and O–H groups in total. The Morgan fingerprint density at radius 3 is 2.05 bits per heavy atom. The highest BCUT2D eigenvalue weighted by atomic mass is 28.2. The van der Waals surface area contributed by atoms with Crippen LogP contribution >= 0.6 is 0 Å². The van der Waals surface area contributed by atoms with Gasteiger partial charge in [-0.05, 0) is 11.5 Å². The average Bonchev–Trinajstić information content (AvgIpc) is 2.41. The first kappa shape index (κ1) is 18.5. The van der Waals surface area contributed by atoms with Gasteiger partial charge in [0.05, 0.1) is 6.61 Å². The van der Waals surface area contributed by atoms with Crippen LogP contribution in [-0.2, 0) is 4.74 Å². The molecule has 0 radical (unpaired) electrons. The van der Waals surface area contributed by atoms with Crippen molar-refractivity contribution in [3.8, 4) is 0 Å². The highest BCUT2D eigenvalue weighted by molar-refractivity contribution is 6.38. The van der Waals surface area contributed by atoms with Crippen molar-refractivity contribution in [1.82, 2.24) is 0 Å². The quantitative estimate of drug-likeness (QED) is 0.324. The maximum atomic E-state index is 10.1. The summed E-state index contributed by atoms with van der Waals surface area (Å²) in [5, 5.41) is 9.03. The second-order valence-electron chi connectivity index (χ2n) is 5.55. The fourth-order valence-corrected chi connectivity index (χ4v) is 4.35. The molecule has 0 saturated heterocycles. The van der Waals surface area contributed by atoms with Crippen LogP contribution in [0, 0.1) is 0 Å². The summed E-state index contributed by atoms with van der Waals surface area (Å²) in [6.45, 7) is 7.51. The molecule has 0 atom stereocenters. The van der Waals surface area contributed by atoms with Crippen molar-refractivity contribution in [2.75, 3.05) is 6.61 Å². The van der Waals surface area contributed by atoms with Gasteiger partial charge in [0.1, 0.15) is 0 Å². The SMILES string of the molecule is CCC(CC)(CCCCCCCCOC(=O)O)[SiH2]C. The Morgan fingerprint density at radius 2 is 1.58 bits per heavy atom. The maximum absolute atomic E-state index is 10.1. The molecule has 0 bridgehead atoms. The number of unbranched alkanes of at least 4 members (excludes halogenated alkanes) is 5. The van der Waals surface area contributed by atoms with Gasteiger partial charge in [-0.15, -0.1) is 0 Å². The Morgan fingerprint density at radius 1 is 1.05 bits per heavy atom. The molecule has 114 valence electrons. The lowest BCUT2D eigenvalue weighted by Crippen LogP contribution is -2.16. The van der Waals surface area contributed by atoms with Gasteiger partial charge in [0.15, 0.2) is 0 Å². The van der Waals surface area contributed by atoms with Gasteiger partial charge in [-0.1, -0.05) is 71.8 Å². The summed E-state index contributed by atoms with van der Waals surface area (Å²) < 4.78 is 4.48. The summed E-state index contributed by atoms with van der Waals surface area (Å²) >= 11 is 0. The number of ether oxygens (including phenoxy) is 1. The molecule has 0 aliphatic rings. The first-order chi connectivity index (χ1) is 9.10. The third-order valence-electron chi connectivity index (χ3n) is 4.58. The Kier molecular flexibility index (Phi) is 11.0. The Hall–Kier alpha value is -0.513. The number of hydrogen-bond acceptors (Lipinski definition) is 2. The van der Waals surface area contributed by atoms with Crippen molar-refractivity contribution in [1.29, 1.82) is 0 Å². The highest BCUT2D eigenvalue weighted by Gasteiger charge is 2.22. The normalized spacial score (nSPS) is 12.2. The molecule has 0 amide bonds. The van der Waals surface area contributed by atoms with Crippen molar-refractivity contribution in [2.24, 2.45) is 0 Å². The lowest BCUT2D eigenvalue weighted by atomic mass is 9.94. The molecule has 3 nitrogen and oxygen atoms in total. The van der Waals surface area contributed by atoms with Crippen LogP contribution < -0.4 is 0 Å². The molecule has 0 aromatic heterocycles. The van der Waals surface area contributed by atoms with Gasteiger partial charge in [-0.25, -0.2) is 4.79 Å². The van der Waals surface area contributed by atoms with Crippen molar-refractivity contribution in [2.45, 2.75) is 83.2 Å². The standard InChI is InChI=1S/C15H32O3Si/c1-4-15(5-2,19-3)12-10-8-6-7-9-11-13-18-14(16)17/h4-13,19H2,1-3H3,(H,16,17). The number of rotatable bonds is 12. The topological polar surface area (TPSA) is 46.5 Å². The number of hydrogen-bond donors (Lipinski definition) is 1. The molecule has 4 heteroatoms. The van der Waals surface area contributed by atoms with E-state index in [0.29, 0.717) is 6.61 Å². The second-order valence-corrected chi connectivity index (χ2v) is 7.75. The van der Waals surface area contributed by atoms with E-state index in [0.717, 1.165) is 17.9 Å². The lowest BCUT2D eigenvalue weighted by Gasteiger charge is -2.30. The third-order valence-corrected chi connectivity index (χ3v) is 7.43. The summed E-state index contributed by atoms with van der Waals surface area (Å²) in [5.74, 6) is 0. The molecule has 0 spiro atoms. The number of carboxylic acid groups (broad SMARTS) is 1. The van der Waals surface area contributed by atoms with E-state index >= 15 is 0 Å². The summed E-state index contributed by atoms with van der Waals surface area (Å²) in [6.07, 6.45) is 10.1. The van der Waals surface area contributed by atoms with Gasteiger partial charge in [0.25, 0.3) is 0 Å². The predicted molar refractivity (Wildman–Crippen MR) is 84.0 cm³/mol. The van der Waals surface area contributed by atoms with Crippen molar-refractivity contribution >= 4 is 15.7 Å². The van der Waals surface area contributed by atoms with Crippen LogP contribution in [0.15, 0.2) is 0 Å². The summed E-state index contributed by atoms with van der Waals surface area (Å²) in [7, 11) is 0.0903. The van der Waals surface area contributed by atoms with Gasteiger partial charge in [0.2, 0.25) is 0 Å². The van der Waals surface area contributed by atoms with E-state index in [4.69, 9.17) is 5.11 Å². The summed E-state index contributed by atoms with van der Waals surface area (Å²) in [5.41, 5.74) is 0. The summed E-state index contributed by atoms with van der Waals surface area (Å²) in [6, 6.07) is 0. The van der Waals surface area contributed by atoms with Crippen LogP contribution in [0.1, 0.15) is 71.6 Å². The van der Waals surface area contributed by atoms with Crippen molar-refractivity contribution in [3.05, 3.63) is 0 Å². The zero-order chi connectivity index (χ0) is 14.6. The molecule has 0 aliphatic heterocycles. The molecule has 0 unspecified atom stereocenters. The predicted octanol–water partition coefficient (Wildman–Crippen LogP) is 4.61. The van der Waals surface area contributed by atoms with E-state index < -0.39 is 6.16 Å². The van der Waals surface area contributed by atoms with Crippen molar-refractivity contribution in [3.63, 3.8) is 0 Å². The van der Waals surface area contributed by atoms with Gasteiger partial charge in [-0.3, -0.25) is 0 Å². The molecular weight excluding hydrogens is 256 g/mol.